The number of anilines is 1. The lowest BCUT2D eigenvalue weighted by molar-refractivity contribution is -0.153. The number of rotatable bonds is 9. The third kappa shape index (κ3) is 6.33. The molecule has 2 aromatic rings. The highest BCUT2D eigenvalue weighted by molar-refractivity contribution is 7.93. The highest BCUT2D eigenvalue weighted by Gasteiger charge is 2.37. The van der Waals surface area contributed by atoms with Crippen molar-refractivity contribution in [3.05, 3.63) is 30.0 Å². The number of nitrogens with zero attached hydrogens (tertiary/aromatic N) is 3. The van der Waals surface area contributed by atoms with E-state index in [1.54, 1.807) is 39.0 Å². The van der Waals surface area contributed by atoms with Gasteiger partial charge in [0.25, 0.3) is 15.9 Å². The Labute approximate surface area is 206 Å². The van der Waals surface area contributed by atoms with Crippen LogP contribution < -0.4 is 13.8 Å². The van der Waals surface area contributed by atoms with Gasteiger partial charge in [0.1, 0.15) is 23.2 Å². The van der Waals surface area contributed by atoms with Crippen LogP contribution in [-0.4, -0.2) is 55.3 Å². The van der Waals surface area contributed by atoms with E-state index >= 15 is 0 Å². The summed E-state index contributed by atoms with van der Waals surface area (Å²) in [5, 5.41) is 4.19. The fourth-order valence-electron chi connectivity index (χ4n) is 3.74. The summed E-state index contributed by atoms with van der Waals surface area (Å²) in [4.78, 5) is 23.8. The van der Waals surface area contributed by atoms with Crippen LogP contribution in [0.3, 0.4) is 0 Å². The summed E-state index contributed by atoms with van der Waals surface area (Å²) in [5.74, 6) is -0.0885. The highest BCUT2D eigenvalue weighted by Crippen LogP contribution is 2.40. The van der Waals surface area contributed by atoms with Crippen molar-refractivity contribution in [1.29, 1.82) is 0 Å². The minimum Gasteiger partial charge on any atom is -0.486 e. The van der Waals surface area contributed by atoms with E-state index in [1.807, 2.05) is 6.92 Å². The van der Waals surface area contributed by atoms with Gasteiger partial charge in [-0.1, -0.05) is 6.07 Å². The molecule has 0 spiro atoms. The van der Waals surface area contributed by atoms with Gasteiger partial charge in [-0.3, -0.25) is 13.8 Å². The molecule has 0 N–H and O–H groups in total. The normalized spacial score (nSPS) is 15.8. The van der Waals surface area contributed by atoms with Crippen LogP contribution in [-0.2, 0) is 37.3 Å². The Hall–Kier alpha value is -3.08. The number of carbonyl (C=O) groups is 2. The molecule has 35 heavy (non-hydrogen) atoms. The molecule has 0 amide bonds. The zero-order chi connectivity index (χ0) is 26.0. The summed E-state index contributed by atoms with van der Waals surface area (Å²) in [6.45, 7) is 9.14. The lowest BCUT2D eigenvalue weighted by Crippen LogP contribution is -2.43. The number of ketones is 1. The number of Topliss-reactive ketones (excluding diaryl/α,β-unsaturated/α-hetero) is 1. The van der Waals surface area contributed by atoms with Gasteiger partial charge >= 0.3 is 5.97 Å². The van der Waals surface area contributed by atoms with Crippen LogP contribution >= 0.6 is 0 Å². The average Bonchev–Trinajstić information content (AvgIpc) is 3.20. The molecule has 0 saturated carbocycles. The van der Waals surface area contributed by atoms with Crippen LogP contribution in [0.5, 0.6) is 11.6 Å². The highest BCUT2D eigenvalue weighted by atomic mass is 32.2. The monoisotopic (exact) mass is 507 g/mol. The SMILES string of the molecule is CCn1cc(S(=O)(=O)N2C[C@H](CCC(C)=O)Oc3ccc(CC(=O)OC(C)(C)C)cc32)c(OC)n1. The van der Waals surface area contributed by atoms with Gasteiger partial charge in [0.2, 0.25) is 0 Å². The van der Waals surface area contributed by atoms with Crippen LogP contribution in [0, 0.1) is 0 Å². The molecule has 0 saturated heterocycles. The van der Waals surface area contributed by atoms with Crippen molar-refractivity contribution in [2.45, 2.75) is 77.0 Å². The number of ether oxygens (including phenoxy) is 3. The maximum Gasteiger partial charge on any atom is 0.310 e. The molecule has 1 aliphatic rings. The van der Waals surface area contributed by atoms with Gasteiger partial charge in [-0.25, -0.2) is 8.42 Å². The number of hydrogen-bond donors (Lipinski definition) is 0. The molecular weight excluding hydrogens is 474 g/mol. The van der Waals surface area contributed by atoms with E-state index in [4.69, 9.17) is 14.2 Å². The Bertz CT molecular complexity index is 1200. The number of carbonyl (C=O) groups excluding carboxylic acids is 2. The third-order valence-electron chi connectivity index (χ3n) is 5.32. The number of benzene rings is 1. The minimum absolute atomic E-state index is 0.00103. The number of esters is 1. The van der Waals surface area contributed by atoms with Crippen molar-refractivity contribution >= 4 is 27.5 Å². The van der Waals surface area contributed by atoms with Crippen molar-refractivity contribution in [2.75, 3.05) is 18.0 Å². The van der Waals surface area contributed by atoms with E-state index in [0.717, 1.165) is 0 Å². The number of methoxy groups -OCH3 is 1. The predicted molar refractivity (Wildman–Crippen MR) is 129 cm³/mol. The molecule has 1 aromatic heterocycles. The summed E-state index contributed by atoms with van der Waals surface area (Å²) in [7, 11) is -2.74. The first kappa shape index (κ1) is 26.5. The Morgan fingerprint density at radius 2 is 1.97 bits per heavy atom. The molecule has 1 aliphatic heterocycles. The van der Waals surface area contributed by atoms with Crippen LogP contribution in [0.4, 0.5) is 5.69 Å². The summed E-state index contributed by atoms with van der Waals surface area (Å²) in [6.07, 6.45) is 1.51. The van der Waals surface area contributed by atoms with E-state index < -0.39 is 27.7 Å². The number of fused-ring (bicyclic) bond motifs is 1. The lowest BCUT2D eigenvalue weighted by atomic mass is 10.1. The van der Waals surface area contributed by atoms with Crippen LogP contribution in [0.25, 0.3) is 0 Å². The minimum atomic E-state index is -4.11. The molecule has 0 fully saturated rings. The van der Waals surface area contributed by atoms with Crippen LogP contribution in [0.1, 0.15) is 53.0 Å². The average molecular weight is 508 g/mol. The van der Waals surface area contributed by atoms with Crippen molar-refractivity contribution in [2.24, 2.45) is 0 Å². The molecule has 1 atom stereocenters. The zero-order valence-corrected chi connectivity index (χ0v) is 21.8. The fraction of sp³-hybridized carbons (Fsp3) is 0.542. The molecular formula is C24H33N3O7S. The van der Waals surface area contributed by atoms with Crippen molar-refractivity contribution in [3.8, 4) is 11.6 Å². The Morgan fingerprint density at radius 1 is 1.26 bits per heavy atom. The van der Waals surface area contributed by atoms with Crippen molar-refractivity contribution < 1.29 is 32.2 Å². The first-order valence-electron chi connectivity index (χ1n) is 11.5. The van der Waals surface area contributed by atoms with Gasteiger partial charge in [-0.15, -0.1) is 5.10 Å². The predicted octanol–water partition coefficient (Wildman–Crippen LogP) is 3.12. The van der Waals surface area contributed by atoms with E-state index in [1.165, 1.54) is 29.2 Å². The summed E-state index contributed by atoms with van der Waals surface area (Å²) >= 11 is 0. The smallest absolute Gasteiger partial charge is 0.310 e. The van der Waals surface area contributed by atoms with Gasteiger partial charge in [0.05, 0.1) is 25.8 Å². The number of aryl methyl sites for hydroxylation is 1. The standard InChI is InChI=1S/C24H33N3O7S/c1-7-26-15-21(23(25-26)32-6)35(30,31)27-14-18(10-8-16(2)28)33-20-11-9-17(12-19(20)27)13-22(29)34-24(3,4)5/h9,11-12,15,18H,7-8,10,13-14H2,1-6H3/t18-/m0/s1. The number of sulfonamides is 1. The lowest BCUT2D eigenvalue weighted by Gasteiger charge is -2.35. The summed E-state index contributed by atoms with van der Waals surface area (Å²) < 4.78 is 47.1. The van der Waals surface area contributed by atoms with E-state index in [0.29, 0.717) is 30.0 Å². The van der Waals surface area contributed by atoms with Gasteiger partial charge in [0, 0.05) is 19.2 Å². The molecule has 0 bridgehead atoms. The largest absolute Gasteiger partial charge is 0.486 e. The molecule has 192 valence electrons. The molecule has 10 nitrogen and oxygen atoms in total. The number of hydrogen-bond acceptors (Lipinski definition) is 8. The fourth-order valence-corrected chi connectivity index (χ4v) is 5.34. The topological polar surface area (TPSA) is 117 Å². The Balaban J connectivity index is 2.03. The molecule has 0 aliphatic carbocycles. The Morgan fingerprint density at radius 3 is 2.57 bits per heavy atom. The Kier molecular flexibility index (Phi) is 7.78. The van der Waals surface area contributed by atoms with Crippen LogP contribution in [0.15, 0.2) is 29.3 Å². The van der Waals surface area contributed by atoms with Crippen LogP contribution in [0.2, 0.25) is 0 Å². The molecule has 0 radical (unpaired) electrons. The zero-order valence-electron chi connectivity index (χ0n) is 21.0. The third-order valence-corrected chi connectivity index (χ3v) is 7.09. The van der Waals surface area contributed by atoms with E-state index in [-0.39, 0.29) is 35.9 Å². The summed E-state index contributed by atoms with van der Waals surface area (Å²) in [5.41, 5.74) is 0.251. The molecule has 0 unspecified atom stereocenters. The molecule has 2 heterocycles. The molecule has 11 heteroatoms. The van der Waals surface area contributed by atoms with Gasteiger partial charge in [-0.05, 0) is 58.7 Å². The second-order valence-corrected chi connectivity index (χ2v) is 11.3. The van der Waals surface area contributed by atoms with Gasteiger partial charge < -0.3 is 19.0 Å². The second-order valence-electron chi connectivity index (χ2n) is 9.44. The van der Waals surface area contributed by atoms with E-state index in [9.17, 15) is 18.0 Å². The van der Waals surface area contributed by atoms with E-state index in [2.05, 4.69) is 5.10 Å². The first-order chi connectivity index (χ1) is 16.3. The van der Waals surface area contributed by atoms with Gasteiger partial charge in [-0.2, -0.15) is 0 Å². The first-order valence-corrected chi connectivity index (χ1v) is 12.9. The molecule has 1 aromatic carbocycles. The summed E-state index contributed by atoms with van der Waals surface area (Å²) in [6, 6.07) is 4.97. The quantitative estimate of drug-likeness (QED) is 0.475. The van der Waals surface area contributed by atoms with Crippen molar-refractivity contribution in [1.82, 2.24) is 9.78 Å². The maximum absolute atomic E-state index is 13.8. The molecule has 3 rings (SSSR count). The number of aromatic nitrogens is 2. The maximum atomic E-state index is 13.8. The van der Waals surface area contributed by atoms with Crippen molar-refractivity contribution in [3.63, 3.8) is 0 Å². The second kappa shape index (κ2) is 10.3. The van der Waals surface area contributed by atoms with Gasteiger partial charge in [0.15, 0.2) is 4.90 Å².